The first-order valence-electron chi connectivity index (χ1n) is 9.50. The van der Waals surface area contributed by atoms with Gasteiger partial charge in [-0.15, -0.1) is 0 Å². The minimum absolute atomic E-state index is 0.126. The van der Waals surface area contributed by atoms with E-state index < -0.39 is 19.6 Å². The standard InChI is InChI=1S/C14H28O/c1-14(2)12-10-8-6-4-3-5-7-9-11-13-15/h13-14H,3-12H2,1-2H3/i1D3,2D3,14D. The Morgan fingerprint density at radius 3 is 2.07 bits per heavy atom. The van der Waals surface area contributed by atoms with E-state index in [1.807, 2.05) is 0 Å². The lowest BCUT2D eigenvalue weighted by molar-refractivity contribution is -0.107. The van der Waals surface area contributed by atoms with Gasteiger partial charge in [0.2, 0.25) is 0 Å². The topological polar surface area (TPSA) is 17.1 Å². The van der Waals surface area contributed by atoms with Gasteiger partial charge in [-0.1, -0.05) is 65.1 Å². The van der Waals surface area contributed by atoms with Crippen molar-refractivity contribution in [3.63, 3.8) is 0 Å². The number of hydrogen-bond acceptors (Lipinski definition) is 1. The molecule has 0 aromatic heterocycles. The van der Waals surface area contributed by atoms with Crippen LogP contribution in [0.1, 0.15) is 87.5 Å². The van der Waals surface area contributed by atoms with E-state index in [1.165, 1.54) is 0 Å². The Bertz CT molecular complexity index is 295. The molecule has 0 aliphatic carbocycles. The second-order valence-corrected chi connectivity index (χ2v) is 4.01. The summed E-state index contributed by atoms with van der Waals surface area (Å²) in [6.45, 7) is -5.59. The summed E-state index contributed by atoms with van der Waals surface area (Å²) >= 11 is 0. The molecule has 0 rings (SSSR count). The van der Waals surface area contributed by atoms with Crippen LogP contribution >= 0.6 is 0 Å². The van der Waals surface area contributed by atoms with Crippen LogP contribution in [0.25, 0.3) is 0 Å². The molecule has 0 atom stereocenters. The van der Waals surface area contributed by atoms with Gasteiger partial charge >= 0.3 is 0 Å². The summed E-state index contributed by atoms with van der Waals surface area (Å²) in [5.74, 6) is -2.37. The maximum atomic E-state index is 10.1. The third kappa shape index (κ3) is 13.7. The molecule has 0 bridgehead atoms. The fourth-order valence-corrected chi connectivity index (χ4v) is 1.59. The van der Waals surface area contributed by atoms with Crippen LogP contribution < -0.4 is 0 Å². The van der Waals surface area contributed by atoms with Gasteiger partial charge in [0, 0.05) is 16.0 Å². The van der Waals surface area contributed by atoms with Crippen LogP contribution in [0.5, 0.6) is 0 Å². The van der Waals surface area contributed by atoms with Crippen molar-refractivity contribution in [1.82, 2.24) is 0 Å². The predicted octanol–water partition coefficient (Wildman–Crippen LogP) is 4.74. The molecule has 90 valence electrons. The number of hydrogen-bond donors (Lipinski definition) is 0. The summed E-state index contributed by atoms with van der Waals surface area (Å²) in [4.78, 5) is 10.1. The van der Waals surface area contributed by atoms with Crippen molar-refractivity contribution in [2.24, 2.45) is 5.89 Å². The van der Waals surface area contributed by atoms with Crippen molar-refractivity contribution in [2.75, 3.05) is 0 Å². The van der Waals surface area contributed by atoms with Crippen LogP contribution in [0.3, 0.4) is 0 Å². The maximum absolute atomic E-state index is 10.1. The van der Waals surface area contributed by atoms with Crippen molar-refractivity contribution in [3.05, 3.63) is 0 Å². The molecule has 0 spiro atoms. The van der Waals surface area contributed by atoms with Gasteiger partial charge in [0.15, 0.2) is 0 Å². The molecular weight excluding hydrogens is 184 g/mol. The molecule has 0 unspecified atom stereocenters. The van der Waals surface area contributed by atoms with Gasteiger partial charge in [0.25, 0.3) is 0 Å². The Morgan fingerprint density at radius 2 is 1.53 bits per heavy atom. The van der Waals surface area contributed by atoms with Crippen molar-refractivity contribution < 1.29 is 14.4 Å². The van der Waals surface area contributed by atoms with Gasteiger partial charge in [0.1, 0.15) is 6.29 Å². The minimum Gasteiger partial charge on any atom is -0.303 e. The van der Waals surface area contributed by atoms with Gasteiger partial charge in [-0.2, -0.15) is 0 Å². The van der Waals surface area contributed by atoms with E-state index in [2.05, 4.69) is 0 Å². The Labute approximate surface area is 105 Å². The second kappa shape index (κ2) is 11.7. The molecule has 15 heavy (non-hydrogen) atoms. The van der Waals surface area contributed by atoms with E-state index in [-0.39, 0.29) is 6.42 Å². The highest BCUT2D eigenvalue weighted by atomic mass is 16.1. The average molecular weight is 219 g/mol. The first-order chi connectivity index (χ1) is 10.1. The molecule has 1 nitrogen and oxygen atoms in total. The van der Waals surface area contributed by atoms with Crippen LogP contribution in [-0.4, -0.2) is 6.29 Å². The van der Waals surface area contributed by atoms with Crippen LogP contribution in [-0.2, 0) is 4.79 Å². The molecule has 0 aromatic rings. The van der Waals surface area contributed by atoms with Crippen LogP contribution in [0.4, 0.5) is 0 Å². The van der Waals surface area contributed by atoms with Gasteiger partial charge in [0.05, 0.1) is 0 Å². The highest BCUT2D eigenvalue weighted by molar-refractivity contribution is 5.48. The smallest absolute Gasteiger partial charge is 0.119 e. The van der Waals surface area contributed by atoms with Crippen LogP contribution in [0, 0.1) is 5.89 Å². The molecule has 1 heteroatoms. The first-order valence-corrected chi connectivity index (χ1v) is 6.00. The third-order valence-corrected chi connectivity index (χ3v) is 2.50. The van der Waals surface area contributed by atoms with Crippen molar-refractivity contribution in [3.8, 4) is 0 Å². The molecule has 0 N–H and O–H groups in total. The molecule has 0 saturated heterocycles. The van der Waals surface area contributed by atoms with E-state index in [4.69, 9.17) is 9.60 Å². The lowest BCUT2D eigenvalue weighted by Crippen LogP contribution is -1.87. The molecule has 0 heterocycles. The molecule has 0 saturated carbocycles. The van der Waals surface area contributed by atoms with Gasteiger partial charge in [-0.05, 0) is 12.3 Å². The van der Waals surface area contributed by atoms with Gasteiger partial charge in [-0.25, -0.2) is 0 Å². The average Bonchev–Trinajstić information content (AvgIpc) is 2.38. The summed E-state index contributed by atoms with van der Waals surface area (Å²) in [5, 5.41) is 0. The minimum atomic E-state index is -2.79. The van der Waals surface area contributed by atoms with Crippen molar-refractivity contribution in [2.45, 2.75) is 77.9 Å². The Hall–Kier alpha value is -0.330. The fraction of sp³-hybridized carbons (Fsp3) is 0.929. The number of aldehydes is 1. The van der Waals surface area contributed by atoms with Crippen molar-refractivity contribution >= 4 is 6.29 Å². The number of carbonyl (C=O) groups is 1. The van der Waals surface area contributed by atoms with Crippen molar-refractivity contribution in [1.29, 1.82) is 0 Å². The monoisotopic (exact) mass is 219 g/mol. The molecule has 0 aliphatic heterocycles. The lowest BCUT2D eigenvalue weighted by Gasteiger charge is -2.04. The summed E-state index contributed by atoms with van der Waals surface area (Å²) < 4.78 is 51.9. The zero-order valence-electron chi connectivity index (χ0n) is 16.6. The number of carbonyl (C=O) groups excluding carboxylic acids is 1. The summed E-state index contributed by atoms with van der Waals surface area (Å²) in [5.41, 5.74) is 0. The Balaban J connectivity index is 3.91. The molecule has 0 fully saturated rings. The summed E-state index contributed by atoms with van der Waals surface area (Å²) in [6.07, 6.45) is 8.71. The normalized spacial score (nSPS) is 20.1. The molecule has 0 aromatic carbocycles. The highest BCUT2D eigenvalue weighted by Gasteiger charge is 1.94. The maximum Gasteiger partial charge on any atom is 0.119 e. The highest BCUT2D eigenvalue weighted by Crippen LogP contribution is 2.12. The zero-order chi connectivity index (χ0) is 17.3. The summed E-state index contributed by atoms with van der Waals surface area (Å²) in [6, 6.07) is 0. The molecule has 0 amide bonds. The summed E-state index contributed by atoms with van der Waals surface area (Å²) in [7, 11) is 0. The van der Waals surface area contributed by atoms with Gasteiger partial charge < -0.3 is 4.79 Å². The van der Waals surface area contributed by atoms with E-state index in [9.17, 15) is 4.79 Å². The number of unbranched alkanes of at least 4 members (excludes halogenated alkanes) is 8. The second-order valence-electron chi connectivity index (χ2n) is 4.01. The lowest BCUT2D eigenvalue weighted by atomic mass is 10.0. The van der Waals surface area contributed by atoms with Crippen LogP contribution in [0.15, 0.2) is 0 Å². The van der Waals surface area contributed by atoms with E-state index in [0.717, 1.165) is 51.2 Å². The Kier molecular flexibility index (Phi) is 5.02. The van der Waals surface area contributed by atoms with Crippen LogP contribution in [0.2, 0.25) is 0 Å². The fourth-order valence-electron chi connectivity index (χ4n) is 1.59. The first kappa shape index (κ1) is 6.42. The molecular formula is C14H28O. The largest absolute Gasteiger partial charge is 0.303 e. The SMILES string of the molecule is [2H]C([2H])([2H])C([2H])(CCCCCCCCCCC=O)C([2H])([2H])[2H]. The van der Waals surface area contributed by atoms with E-state index in [0.29, 0.717) is 12.8 Å². The Morgan fingerprint density at radius 1 is 1.00 bits per heavy atom. The van der Waals surface area contributed by atoms with E-state index in [1.54, 1.807) is 0 Å². The van der Waals surface area contributed by atoms with Gasteiger partial charge in [-0.3, -0.25) is 0 Å². The molecule has 0 aliphatic rings. The van der Waals surface area contributed by atoms with E-state index >= 15 is 0 Å². The predicted molar refractivity (Wildman–Crippen MR) is 67.1 cm³/mol. The quantitative estimate of drug-likeness (QED) is 0.362. The molecule has 0 radical (unpaired) electrons. The third-order valence-electron chi connectivity index (χ3n) is 2.50. The zero-order valence-corrected chi connectivity index (χ0v) is 9.56. The number of rotatable bonds is 11.